The quantitative estimate of drug-likeness (QED) is 0.630. The zero-order valence-electron chi connectivity index (χ0n) is 7.46. The molecule has 0 aliphatic carbocycles. The van der Waals surface area contributed by atoms with E-state index in [0.29, 0.717) is 5.92 Å². The van der Waals surface area contributed by atoms with Crippen molar-refractivity contribution < 1.29 is 0 Å². The normalized spacial score (nSPS) is 10.5. The Balaban J connectivity index is 2.91. The van der Waals surface area contributed by atoms with Gasteiger partial charge in [-0.25, -0.2) is 0 Å². The van der Waals surface area contributed by atoms with Crippen LogP contribution in [-0.2, 0) is 6.42 Å². The van der Waals surface area contributed by atoms with Gasteiger partial charge in [-0.1, -0.05) is 20.8 Å². The maximum atomic E-state index is 4.29. The van der Waals surface area contributed by atoms with Gasteiger partial charge in [0.2, 0.25) is 0 Å². The highest BCUT2D eigenvalue weighted by Gasteiger charge is 1.99. The number of hydrogen-bond acceptors (Lipinski definition) is 1. The summed E-state index contributed by atoms with van der Waals surface area (Å²) in [5.41, 5.74) is 2.58. The highest BCUT2D eigenvalue weighted by atomic mass is 14.7. The van der Waals surface area contributed by atoms with E-state index in [1.54, 1.807) is 0 Å². The molecule has 0 fully saturated rings. The van der Waals surface area contributed by atoms with Gasteiger partial charge < -0.3 is 0 Å². The molecule has 60 valence electrons. The lowest BCUT2D eigenvalue weighted by molar-refractivity contribution is 0.818. The van der Waals surface area contributed by atoms with Crippen molar-refractivity contribution in [2.75, 3.05) is 0 Å². The van der Waals surface area contributed by atoms with Gasteiger partial charge in [0.05, 0.1) is 0 Å². The highest BCUT2D eigenvalue weighted by molar-refractivity contribution is 5.18. The molecular formula is C10H15N. The number of aromatic nitrogens is 1. The van der Waals surface area contributed by atoms with E-state index in [1.807, 2.05) is 6.20 Å². The Bertz CT molecular complexity index is 228. The standard InChI is InChI=1S/C10H15N/c1-4-9-5-6-11-10(7-9)8(2)3/h5-8H,4H2,1-3H3. The van der Waals surface area contributed by atoms with Crippen LogP contribution in [-0.4, -0.2) is 4.98 Å². The van der Waals surface area contributed by atoms with Crippen LogP contribution >= 0.6 is 0 Å². The summed E-state index contributed by atoms with van der Waals surface area (Å²) in [6.45, 7) is 6.50. The average molecular weight is 149 g/mol. The molecule has 1 heterocycles. The van der Waals surface area contributed by atoms with Gasteiger partial charge in [0, 0.05) is 11.9 Å². The Morgan fingerprint density at radius 3 is 2.73 bits per heavy atom. The molecule has 0 atom stereocenters. The molecule has 1 heteroatoms. The molecule has 1 aromatic rings. The summed E-state index contributed by atoms with van der Waals surface area (Å²) < 4.78 is 0. The van der Waals surface area contributed by atoms with E-state index >= 15 is 0 Å². The molecule has 0 aliphatic heterocycles. The first-order chi connectivity index (χ1) is 5.24. The molecule has 0 amide bonds. The molecule has 1 rings (SSSR count). The van der Waals surface area contributed by atoms with Gasteiger partial charge in [-0.2, -0.15) is 0 Å². The molecule has 0 saturated carbocycles. The van der Waals surface area contributed by atoms with Gasteiger partial charge in [-0.15, -0.1) is 0 Å². The number of hydrogen-bond donors (Lipinski definition) is 0. The zero-order valence-corrected chi connectivity index (χ0v) is 7.46. The van der Waals surface area contributed by atoms with Crippen LogP contribution in [0.15, 0.2) is 18.3 Å². The first kappa shape index (κ1) is 8.25. The van der Waals surface area contributed by atoms with Gasteiger partial charge in [-0.3, -0.25) is 4.98 Å². The van der Waals surface area contributed by atoms with Crippen molar-refractivity contribution in [1.82, 2.24) is 4.98 Å². The minimum atomic E-state index is 0.543. The molecule has 0 bridgehead atoms. The van der Waals surface area contributed by atoms with E-state index in [-0.39, 0.29) is 0 Å². The molecule has 1 nitrogen and oxygen atoms in total. The predicted molar refractivity (Wildman–Crippen MR) is 47.7 cm³/mol. The molecule has 0 N–H and O–H groups in total. The lowest BCUT2D eigenvalue weighted by atomic mass is 10.1. The smallest absolute Gasteiger partial charge is 0.0431 e. The summed E-state index contributed by atoms with van der Waals surface area (Å²) in [6.07, 6.45) is 3.00. The fraction of sp³-hybridized carbons (Fsp3) is 0.500. The van der Waals surface area contributed by atoms with Crippen molar-refractivity contribution in [2.45, 2.75) is 33.1 Å². The van der Waals surface area contributed by atoms with Crippen LogP contribution in [0.2, 0.25) is 0 Å². The summed E-state index contributed by atoms with van der Waals surface area (Å²) in [5, 5.41) is 0. The number of aryl methyl sites for hydroxylation is 1. The van der Waals surface area contributed by atoms with E-state index in [9.17, 15) is 0 Å². The zero-order chi connectivity index (χ0) is 8.27. The molecule has 0 saturated heterocycles. The summed E-state index contributed by atoms with van der Waals surface area (Å²) >= 11 is 0. The third-order valence-electron chi connectivity index (χ3n) is 1.85. The van der Waals surface area contributed by atoms with Crippen LogP contribution in [0.3, 0.4) is 0 Å². The summed E-state index contributed by atoms with van der Waals surface area (Å²) in [7, 11) is 0. The third-order valence-corrected chi connectivity index (χ3v) is 1.85. The molecule has 0 radical (unpaired) electrons. The first-order valence-corrected chi connectivity index (χ1v) is 4.19. The van der Waals surface area contributed by atoms with Crippen LogP contribution in [0.1, 0.15) is 37.9 Å². The highest BCUT2D eigenvalue weighted by Crippen LogP contribution is 2.12. The van der Waals surface area contributed by atoms with Crippen molar-refractivity contribution in [3.8, 4) is 0 Å². The van der Waals surface area contributed by atoms with Crippen LogP contribution in [0.5, 0.6) is 0 Å². The van der Waals surface area contributed by atoms with E-state index in [1.165, 1.54) is 11.3 Å². The van der Waals surface area contributed by atoms with Crippen molar-refractivity contribution in [1.29, 1.82) is 0 Å². The fourth-order valence-electron chi connectivity index (χ4n) is 1.03. The van der Waals surface area contributed by atoms with E-state index in [0.717, 1.165) is 6.42 Å². The molecule has 0 aromatic carbocycles. The Hall–Kier alpha value is -0.850. The molecule has 0 unspecified atom stereocenters. The fourth-order valence-corrected chi connectivity index (χ4v) is 1.03. The average Bonchev–Trinajstić information content (AvgIpc) is 2.05. The Kier molecular flexibility index (Phi) is 2.64. The first-order valence-electron chi connectivity index (χ1n) is 4.19. The Labute approximate surface area is 68.5 Å². The maximum Gasteiger partial charge on any atom is 0.0431 e. The van der Waals surface area contributed by atoms with Gasteiger partial charge in [-0.05, 0) is 30.0 Å². The SMILES string of the molecule is CCc1ccnc(C(C)C)c1. The monoisotopic (exact) mass is 149 g/mol. The summed E-state index contributed by atoms with van der Waals surface area (Å²) in [5.74, 6) is 0.543. The van der Waals surface area contributed by atoms with E-state index in [2.05, 4.69) is 37.9 Å². The predicted octanol–water partition coefficient (Wildman–Crippen LogP) is 2.77. The number of rotatable bonds is 2. The van der Waals surface area contributed by atoms with Crippen molar-refractivity contribution in [3.63, 3.8) is 0 Å². The van der Waals surface area contributed by atoms with Crippen molar-refractivity contribution in [3.05, 3.63) is 29.6 Å². The minimum absolute atomic E-state index is 0.543. The number of pyridine rings is 1. The van der Waals surface area contributed by atoms with Crippen molar-refractivity contribution in [2.24, 2.45) is 0 Å². The summed E-state index contributed by atoms with van der Waals surface area (Å²) in [4.78, 5) is 4.29. The van der Waals surface area contributed by atoms with Gasteiger partial charge >= 0.3 is 0 Å². The second kappa shape index (κ2) is 3.51. The molecule has 1 aromatic heterocycles. The second-order valence-corrected chi connectivity index (χ2v) is 3.10. The van der Waals surface area contributed by atoms with Crippen LogP contribution in [0.4, 0.5) is 0 Å². The summed E-state index contributed by atoms with van der Waals surface area (Å²) in [6, 6.07) is 4.26. The molecule has 0 aliphatic rings. The molecule has 11 heavy (non-hydrogen) atoms. The largest absolute Gasteiger partial charge is 0.261 e. The van der Waals surface area contributed by atoms with E-state index < -0.39 is 0 Å². The Morgan fingerprint density at radius 1 is 1.45 bits per heavy atom. The minimum Gasteiger partial charge on any atom is -0.261 e. The van der Waals surface area contributed by atoms with Crippen LogP contribution < -0.4 is 0 Å². The van der Waals surface area contributed by atoms with Crippen LogP contribution in [0.25, 0.3) is 0 Å². The lowest BCUT2D eigenvalue weighted by Crippen LogP contribution is -1.93. The van der Waals surface area contributed by atoms with Gasteiger partial charge in [0.15, 0.2) is 0 Å². The second-order valence-electron chi connectivity index (χ2n) is 3.10. The van der Waals surface area contributed by atoms with E-state index in [4.69, 9.17) is 0 Å². The van der Waals surface area contributed by atoms with Gasteiger partial charge in [0.25, 0.3) is 0 Å². The van der Waals surface area contributed by atoms with Crippen molar-refractivity contribution >= 4 is 0 Å². The Morgan fingerprint density at radius 2 is 2.18 bits per heavy atom. The number of nitrogens with zero attached hydrogens (tertiary/aromatic N) is 1. The van der Waals surface area contributed by atoms with Gasteiger partial charge in [0.1, 0.15) is 0 Å². The third kappa shape index (κ3) is 2.04. The van der Waals surface area contributed by atoms with Crippen LogP contribution in [0, 0.1) is 0 Å². The molecular weight excluding hydrogens is 134 g/mol. The maximum absolute atomic E-state index is 4.29. The lowest BCUT2D eigenvalue weighted by Gasteiger charge is -2.04. The topological polar surface area (TPSA) is 12.9 Å². The molecule has 0 spiro atoms.